The molecule has 1 amide bonds. The zero-order valence-electron chi connectivity index (χ0n) is 9.17. The summed E-state index contributed by atoms with van der Waals surface area (Å²) < 4.78 is 0. The van der Waals surface area contributed by atoms with Gasteiger partial charge in [0.2, 0.25) is 5.91 Å². The maximum absolute atomic E-state index is 11.6. The molecule has 0 saturated carbocycles. The third-order valence-electron chi connectivity index (χ3n) is 2.54. The van der Waals surface area contributed by atoms with Crippen LogP contribution < -0.4 is 10.6 Å². The highest BCUT2D eigenvalue weighted by molar-refractivity contribution is 5.85. The molecule has 0 bridgehead atoms. The Morgan fingerprint density at radius 3 is 2.57 bits per heavy atom. The van der Waals surface area contributed by atoms with E-state index >= 15 is 0 Å². The zero-order chi connectivity index (χ0) is 9.84. The first-order valence-electron chi connectivity index (χ1n) is 5.09. The molecule has 1 saturated heterocycles. The van der Waals surface area contributed by atoms with Gasteiger partial charge >= 0.3 is 0 Å². The van der Waals surface area contributed by atoms with E-state index in [2.05, 4.69) is 31.4 Å². The first-order valence-corrected chi connectivity index (χ1v) is 5.09. The maximum atomic E-state index is 11.6. The lowest BCUT2D eigenvalue weighted by Gasteiger charge is -2.15. The van der Waals surface area contributed by atoms with Crippen LogP contribution in [0.2, 0.25) is 0 Å². The first-order chi connectivity index (χ1) is 6.11. The summed E-state index contributed by atoms with van der Waals surface area (Å²) in [5.41, 5.74) is 0. The predicted octanol–water partition coefficient (Wildman–Crippen LogP) is 1.04. The third kappa shape index (κ3) is 3.84. The average Bonchev–Trinajstić information content (AvgIpc) is 2.47. The molecule has 0 spiro atoms. The zero-order valence-corrected chi connectivity index (χ0v) is 9.99. The molecular formula is C10H21ClN2O. The van der Waals surface area contributed by atoms with E-state index in [0.29, 0.717) is 11.8 Å². The van der Waals surface area contributed by atoms with Gasteiger partial charge < -0.3 is 10.6 Å². The molecule has 1 aliphatic rings. The molecule has 4 heteroatoms. The Bertz CT molecular complexity index is 185. The largest absolute Gasteiger partial charge is 0.356 e. The van der Waals surface area contributed by atoms with Crippen molar-refractivity contribution in [3.63, 3.8) is 0 Å². The van der Waals surface area contributed by atoms with Gasteiger partial charge in [-0.05, 0) is 18.4 Å². The van der Waals surface area contributed by atoms with Crippen LogP contribution in [0.15, 0.2) is 0 Å². The van der Waals surface area contributed by atoms with Crippen LogP contribution in [-0.4, -0.2) is 25.5 Å². The van der Waals surface area contributed by atoms with Gasteiger partial charge in [0.05, 0.1) is 5.92 Å². The Morgan fingerprint density at radius 1 is 1.50 bits per heavy atom. The average molecular weight is 221 g/mol. The molecule has 0 aromatic heterocycles. The SMILES string of the molecule is CC(C)CNC(=O)[C@@H]1CNC[C@H]1C.Cl. The topological polar surface area (TPSA) is 41.1 Å². The minimum Gasteiger partial charge on any atom is -0.356 e. The normalized spacial score (nSPS) is 26.0. The minimum atomic E-state index is 0. The highest BCUT2D eigenvalue weighted by Gasteiger charge is 2.29. The quantitative estimate of drug-likeness (QED) is 0.746. The monoisotopic (exact) mass is 220 g/mol. The van der Waals surface area contributed by atoms with Crippen LogP contribution >= 0.6 is 12.4 Å². The number of rotatable bonds is 3. The van der Waals surface area contributed by atoms with Gasteiger partial charge in [-0.15, -0.1) is 12.4 Å². The van der Waals surface area contributed by atoms with E-state index in [1.54, 1.807) is 0 Å². The van der Waals surface area contributed by atoms with Gasteiger partial charge in [-0.3, -0.25) is 4.79 Å². The Balaban J connectivity index is 0.00000169. The molecule has 0 unspecified atom stereocenters. The Hall–Kier alpha value is -0.280. The lowest BCUT2D eigenvalue weighted by molar-refractivity contribution is -0.125. The number of amides is 1. The van der Waals surface area contributed by atoms with Crippen LogP contribution in [0.4, 0.5) is 0 Å². The molecule has 0 aliphatic carbocycles. The molecule has 1 rings (SSSR count). The lowest BCUT2D eigenvalue weighted by Crippen LogP contribution is -2.36. The van der Waals surface area contributed by atoms with Gasteiger partial charge in [-0.1, -0.05) is 20.8 Å². The van der Waals surface area contributed by atoms with Crippen molar-refractivity contribution in [2.24, 2.45) is 17.8 Å². The van der Waals surface area contributed by atoms with Crippen LogP contribution in [-0.2, 0) is 4.79 Å². The van der Waals surface area contributed by atoms with Crippen molar-refractivity contribution in [1.29, 1.82) is 0 Å². The molecule has 0 aromatic rings. The smallest absolute Gasteiger partial charge is 0.224 e. The third-order valence-corrected chi connectivity index (χ3v) is 2.54. The molecule has 1 heterocycles. The van der Waals surface area contributed by atoms with Crippen molar-refractivity contribution in [2.45, 2.75) is 20.8 Å². The number of hydrogen-bond acceptors (Lipinski definition) is 2. The highest BCUT2D eigenvalue weighted by atomic mass is 35.5. The minimum absolute atomic E-state index is 0. The Morgan fingerprint density at radius 2 is 2.14 bits per heavy atom. The van der Waals surface area contributed by atoms with Crippen LogP contribution in [0.25, 0.3) is 0 Å². The number of hydrogen-bond donors (Lipinski definition) is 2. The molecule has 84 valence electrons. The summed E-state index contributed by atoms with van der Waals surface area (Å²) in [4.78, 5) is 11.6. The molecule has 2 atom stereocenters. The van der Waals surface area contributed by atoms with E-state index < -0.39 is 0 Å². The molecule has 0 aromatic carbocycles. The fraction of sp³-hybridized carbons (Fsp3) is 0.900. The maximum Gasteiger partial charge on any atom is 0.224 e. The molecule has 0 radical (unpaired) electrons. The number of nitrogens with one attached hydrogen (secondary N) is 2. The van der Waals surface area contributed by atoms with E-state index in [-0.39, 0.29) is 24.2 Å². The molecule has 1 aliphatic heterocycles. The van der Waals surface area contributed by atoms with E-state index in [9.17, 15) is 4.79 Å². The lowest BCUT2D eigenvalue weighted by atomic mass is 9.97. The predicted molar refractivity (Wildman–Crippen MR) is 60.6 cm³/mol. The second kappa shape index (κ2) is 6.25. The van der Waals surface area contributed by atoms with Crippen molar-refractivity contribution in [2.75, 3.05) is 19.6 Å². The van der Waals surface area contributed by atoms with Gasteiger partial charge in [-0.25, -0.2) is 0 Å². The molecule has 14 heavy (non-hydrogen) atoms. The fourth-order valence-corrected chi connectivity index (χ4v) is 1.60. The van der Waals surface area contributed by atoms with Crippen LogP contribution in [0.1, 0.15) is 20.8 Å². The molecule has 3 nitrogen and oxygen atoms in total. The van der Waals surface area contributed by atoms with E-state index in [1.165, 1.54) is 0 Å². The number of carbonyl (C=O) groups excluding carboxylic acids is 1. The summed E-state index contributed by atoms with van der Waals surface area (Å²) in [6.07, 6.45) is 0. The second-order valence-electron chi connectivity index (χ2n) is 4.38. The molecule has 2 N–H and O–H groups in total. The highest BCUT2D eigenvalue weighted by Crippen LogP contribution is 2.15. The summed E-state index contributed by atoms with van der Waals surface area (Å²) in [5.74, 6) is 1.41. The number of carbonyl (C=O) groups is 1. The summed E-state index contributed by atoms with van der Waals surface area (Å²) in [7, 11) is 0. The van der Waals surface area contributed by atoms with Crippen LogP contribution in [0.3, 0.4) is 0 Å². The van der Waals surface area contributed by atoms with Crippen molar-refractivity contribution in [1.82, 2.24) is 10.6 Å². The van der Waals surface area contributed by atoms with Crippen molar-refractivity contribution < 1.29 is 4.79 Å². The van der Waals surface area contributed by atoms with Gasteiger partial charge in [0.1, 0.15) is 0 Å². The van der Waals surface area contributed by atoms with Crippen molar-refractivity contribution in [3.05, 3.63) is 0 Å². The summed E-state index contributed by atoms with van der Waals surface area (Å²) in [6, 6.07) is 0. The number of halogens is 1. The Labute approximate surface area is 92.4 Å². The molecular weight excluding hydrogens is 200 g/mol. The van der Waals surface area contributed by atoms with E-state index in [1.807, 2.05) is 0 Å². The van der Waals surface area contributed by atoms with E-state index in [0.717, 1.165) is 19.6 Å². The van der Waals surface area contributed by atoms with Crippen molar-refractivity contribution in [3.8, 4) is 0 Å². The molecule has 1 fully saturated rings. The van der Waals surface area contributed by atoms with Gasteiger partial charge in [0.15, 0.2) is 0 Å². The van der Waals surface area contributed by atoms with Crippen molar-refractivity contribution >= 4 is 18.3 Å². The second-order valence-corrected chi connectivity index (χ2v) is 4.38. The summed E-state index contributed by atoms with van der Waals surface area (Å²) >= 11 is 0. The van der Waals surface area contributed by atoms with Crippen LogP contribution in [0, 0.1) is 17.8 Å². The van der Waals surface area contributed by atoms with E-state index in [4.69, 9.17) is 0 Å². The van der Waals surface area contributed by atoms with Gasteiger partial charge in [0.25, 0.3) is 0 Å². The van der Waals surface area contributed by atoms with Gasteiger partial charge in [0, 0.05) is 13.1 Å². The van der Waals surface area contributed by atoms with Gasteiger partial charge in [-0.2, -0.15) is 0 Å². The summed E-state index contributed by atoms with van der Waals surface area (Å²) in [6.45, 7) is 8.94. The van der Waals surface area contributed by atoms with Crippen LogP contribution in [0.5, 0.6) is 0 Å². The first kappa shape index (κ1) is 13.7. The standard InChI is InChI=1S/C10H20N2O.ClH/c1-7(2)4-12-10(13)9-6-11-5-8(9)3;/h7-9,11H,4-6H2,1-3H3,(H,12,13);1H/t8-,9-;/m1./s1. The Kier molecular flexibility index (Phi) is 6.12. The fourth-order valence-electron chi connectivity index (χ4n) is 1.60. The summed E-state index contributed by atoms with van der Waals surface area (Å²) in [5, 5.41) is 6.21.